The number of carbonyl (C=O) groups excluding carboxylic acids is 1. The maximum Gasteiger partial charge on any atom is 0.249 e. The molecule has 1 heterocycles. The first-order valence-electron chi connectivity index (χ1n) is 10.1. The fourth-order valence-corrected chi connectivity index (χ4v) is 4.77. The zero-order valence-corrected chi connectivity index (χ0v) is 17.8. The lowest BCUT2D eigenvalue weighted by molar-refractivity contribution is -0.162. The molecule has 0 unspecified atom stereocenters. The topological polar surface area (TPSA) is 95.9 Å². The molecule has 0 radical (unpaired) electrons. The van der Waals surface area contributed by atoms with Gasteiger partial charge in [-0.15, -0.1) is 0 Å². The van der Waals surface area contributed by atoms with E-state index >= 15 is 0 Å². The normalized spacial score (nSPS) is 19.7. The van der Waals surface area contributed by atoms with E-state index in [1.54, 1.807) is 29.2 Å². The number of carbonyl (C=O) groups is 1. The Balaban J connectivity index is 1.74. The van der Waals surface area contributed by atoms with Crippen molar-refractivity contribution in [1.29, 1.82) is 0 Å². The molecule has 2 atom stereocenters. The van der Waals surface area contributed by atoms with E-state index in [2.05, 4.69) is 4.72 Å². The number of amides is 1. The van der Waals surface area contributed by atoms with Crippen molar-refractivity contribution in [2.24, 2.45) is 0 Å². The molecule has 30 heavy (non-hydrogen) atoms. The van der Waals surface area contributed by atoms with Crippen LogP contribution in [0.25, 0.3) is 0 Å². The number of benzene rings is 2. The van der Waals surface area contributed by atoms with E-state index in [-0.39, 0.29) is 24.9 Å². The highest BCUT2D eigenvalue weighted by atomic mass is 32.2. The number of rotatable bonds is 9. The van der Waals surface area contributed by atoms with Crippen LogP contribution in [-0.4, -0.2) is 49.3 Å². The molecule has 1 fully saturated rings. The zero-order valence-electron chi connectivity index (χ0n) is 17.0. The molecule has 1 aliphatic rings. The fraction of sp³-hybridized carbons (Fsp3) is 0.409. The number of nitrogens with zero attached hydrogens (tertiary/aromatic N) is 1. The highest BCUT2D eigenvalue weighted by Crippen LogP contribution is 2.31. The van der Waals surface area contributed by atoms with Gasteiger partial charge in [0, 0.05) is 12.2 Å². The van der Waals surface area contributed by atoms with Crippen molar-refractivity contribution < 1.29 is 23.1 Å². The van der Waals surface area contributed by atoms with Gasteiger partial charge in [-0.3, -0.25) is 9.52 Å². The average Bonchev–Trinajstić information content (AvgIpc) is 2.75. The number of hydrogen-bond acceptors (Lipinski definition) is 5. The number of aliphatic hydroxyl groups is 1. The average molecular weight is 433 g/mol. The van der Waals surface area contributed by atoms with Gasteiger partial charge in [-0.05, 0) is 29.7 Å². The van der Waals surface area contributed by atoms with Crippen LogP contribution in [0.4, 0.5) is 5.69 Å². The summed E-state index contributed by atoms with van der Waals surface area (Å²) < 4.78 is 32.5. The van der Waals surface area contributed by atoms with Gasteiger partial charge in [0.05, 0.1) is 18.4 Å². The van der Waals surface area contributed by atoms with E-state index in [1.807, 2.05) is 37.3 Å². The van der Waals surface area contributed by atoms with Crippen molar-refractivity contribution in [3.05, 3.63) is 65.7 Å². The second-order valence-electron chi connectivity index (χ2n) is 7.39. The number of unbranched alkanes of at least 4 members (excludes halogenated alkanes) is 1. The SMILES string of the molecule is CCCCS(=O)(=O)Nc1ccc([C@H]2OCC(=O)N(Cc3ccccc3)[C@@H]2CO)cc1. The first kappa shape index (κ1) is 22.3. The highest BCUT2D eigenvalue weighted by Gasteiger charge is 2.37. The lowest BCUT2D eigenvalue weighted by Gasteiger charge is -2.40. The van der Waals surface area contributed by atoms with E-state index in [1.165, 1.54) is 0 Å². The minimum atomic E-state index is -3.37. The van der Waals surface area contributed by atoms with Crippen molar-refractivity contribution in [1.82, 2.24) is 4.90 Å². The van der Waals surface area contributed by atoms with Gasteiger partial charge in [-0.1, -0.05) is 55.8 Å². The third kappa shape index (κ3) is 5.59. The van der Waals surface area contributed by atoms with E-state index in [0.29, 0.717) is 18.7 Å². The van der Waals surface area contributed by atoms with Gasteiger partial charge < -0.3 is 14.7 Å². The number of hydrogen-bond donors (Lipinski definition) is 2. The minimum absolute atomic E-state index is 0.0700. The summed E-state index contributed by atoms with van der Waals surface area (Å²) >= 11 is 0. The zero-order chi connectivity index (χ0) is 21.6. The maximum absolute atomic E-state index is 12.5. The van der Waals surface area contributed by atoms with Crippen LogP contribution < -0.4 is 4.72 Å². The monoisotopic (exact) mass is 432 g/mol. The standard InChI is InChI=1S/C22H28N2O5S/c1-2-3-13-30(27,28)23-19-11-9-18(10-12-19)22-20(15-25)24(21(26)16-29-22)14-17-7-5-4-6-8-17/h4-12,20,22-23,25H,2-3,13-16H2,1H3/t20-,22-/m1/s1. The predicted molar refractivity (Wildman–Crippen MR) is 115 cm³/mol. The molecule has 7 nitrogen and oxygen atoms in total. The van der Waals surface area contributed by atoms with Crippen LogP contribution in [0.3, 0.4) is 0 Å². The highest BCUT2D eigenvalue weighted by molar-refractivity contribution is 7.92. The molecule has 1 amide bonds. The van der Waals surface area contributed by atoms with Gasteiger partial charge in [0.1, 0.15) is 12.7 Å². The Morgan fingerprint density at radius 1 is 1.13 bits per heavy atom. The van der Waals surface area contributed by atoms with Crippen molar-refractivity contribution in [2.75, 3.05) is 23.7 Å². The van der Waals surface area contributed by atoms with E-state index < -0.39 is 22.2 Å². The molecule has 2 N–H and O–H groups in total. The Bertz CT molecular complexity index is 932. The summed E-state index contributed by atoms with van der Waals surface area (Å²) in [5.41, 5.74) is 2.22. The number of aliphatic hydroxyl groups excluding tert-OH is 1. The van der Waals surface area contributed by atoms with E-state index in [9.17, 15) is 18.3 Å². The van der Waals surface area contributed by atoms with Crippen LogP contribution in [0, 0.1) is 0 Å². The lowest BCUT2D eigenvalue weighted by Crippen LogP contribution is -2.52. The smallest absolute Gasteiger partial charge is 0.249 e. The van der Waals surface area contributed by atoms with Crippen molar-refractivity contribution in [3.8, 4) is 0 Å². The van der Waals surface area contributed by atoms with Crippen LogP contribution >= 0.6 is 0 Å². The van der Waals surface area contributed by atoms with Gasteiger partial charge >= 0.3 is 0 Å². The van der Waals surface area contributed by atoms with Gasteiger partial charge in [0.2, 0.25) is 15.9 Å². The molecule has 1 aliphatic heterocycles. The number of ether oxygens (including phenoxy) is 1. The predicted octanol–water partition coefficient (Wildman–Crippen LogP) is 2.69. The third-order valence-electron chi connectivity index (χ3n) is 5.12. The Kier molecular flexibility index (Phi) is 7.47. The van der Waals surface area contributed by atoms with E-state index in [4.69, 9.17) is 4.74 Å². The van der Waals surface area contributed by atoms with Crippen LogP contribution in [0.1, 0.15) is 37.0 Å². The second-order valence-corrected chi connectivity index (χ2v) is 9.23. The first-order chi connectivity index (χ1) is 14.4. The molecular weight excluding hydrogens is 404 g/mol. The van der Waals surface area contributed by atoms with Gasteiger partial charge in [-0.2, -0.15) is 0 Å². The van der Waals surface area contributed by atoms with Crippen LogP contribution in [-0.2, 0) is 26.1 Å². The summed E-state index contributed by atoms with van der Waals surface area (Å²) in [5, 5.41) is 10.0. The van der Waals surface area contributed by atoms with Crippen molar-refractivity contribution in [3.63, 3.8) is 0 Å². The summed E-state index contributed by atoms with van der Waals surface area (Å²) in [7, 11) is -3.37. The number of nitrogens with one attached hydrogen (secondary N) is 1. The molecule has 1 saturated heterocycles. The Morgan fingerprint density at radius 3 is 2.47 bits per heavy atom. The Labute approximate surface area is 177 Å². The van der Waals surface area contributed by atoms with Crippen LogP contribution in [0.15, 0.2) is 54.6 Å². The number of anilines is 1. The minimum Gasteiger partial charge on any atom is -0.394 e. The van der Waals surface area contributed by atoms with Gasteiger partial charge in [0.15, 0.2) is 0 Å². The molecule has 0 bridgehead atoms. The van der Waals surface area contributed by atoms with Crippen LogP contribution in [0.2, 0.25) is 0 Å². The number of sulfonamides is 1. The Hall–Kier alpha value is -2.42. The summed E-state index contributed by atoms with van der Waals surface area (Å²) in [6.45, 7) is 2.02. The molecule has 2 aromatic carbocycles. The summed E-state index contributed by atoms with van der Waals surface area (Å²) in [5.74, 6) is -0.0883. The molecule has 8 heteroatoms. The van der Waals surface area contributed by atoms with Crippen molar-refractivity contribution in [2.45, 2.75) is 38.5 Å². The molecule has 0 aromatic heterocycles. The second kappa shape index (κ2) is 10.1. The van der Waals surface area contributed by atoms with Gasteiger partial charge in [0.25, 0.3) is 0 Å². The van der Waals surface area contributed by atoms with Gasteiger partial charge in [-0.25, -0.2) is 8.42 Å². The molecule has 3 rings (SSSR count). The van der Waals surface area contributed by atoms with E-state index in [0.717, 1.165) is 17.5 Å². The first-order valence-corrected chi connectivity index (χ1v) is 11.7. The molecule has 2 aromatic rings. The maximum atomic E-state index is 12.5. The molecule has 162 valence electrons. The number of morpholine rings is 1. The van der Waals surface area contributed by atoms with Crippen molar-refractivity contribution >= 4 is 21.6 Å². The molecule has 0 saturated carbocycles. The van der Waals surface area contributed by atoms with Crippen LogP contribution in [0.5, 0.6) is 0 Å². The molecule has 0 spiro atoms. The largest absolute Gasteiger partial charge is 0.394 e. The quantitative estimate of drug-likeness (QED) is 0.635. The molecular formula is C22H28N2O5S. The fourth-order valence-electron chi connectivity index (χ4n) is 3.51. The third-order valence-corrected chi connectivity index (χ3v) is 6.49. The lowest BCUT2D eigenvalue weighted by atomic mass is 9.98. The molecule has 0 aliphatic carbocycles. The Morgan fingerprint density at radius 2 is 1.83 bits per heavy atom. The summed E-state index contributed by atoms with van der Waals surface area (Å²) in [6, 6.07) is 16.0. The summed E-state index contributed by atoms with van der Waals surface area (Å²) in [4.78, 5) is 14.1. The summed E-state index contributed by atoms with van der Waals surface area (Å²) in [6.07, 6.45) is 0.911.